The van der Waals surface area contributed by atoms with Crippen LogP contribution in [0.4, 0.5) is 4.39 Å². The molecule has 2 aliphatic heterocycles. The third kappa shape index (κ3) is 4.30. The minimum atomic E-state index is -3.04. The number of carbonyl (C=O) groups is 1. The van der Waals surface area contributed by atoms with Crippen molar-refractivity contribution in [1.82, 2.24) is 4.90 Å². The first-order valence-corrected chi connectivity index (χ1v) is 10.4. The van der Waals surface area contributed by atoms with Crippen LogP contribution in [-0.2, 0) is 21.2 Å². The molecule has 8 heteroatoms. The summed E-state index contributed by atoms with van der Waals surface area (Å²) in [5, 5.41) is 0. The van der Waals surface area contributed by atoms with E-state index in [2.05, 4.69) is 0 Å². The average molecular weight is 371 g/mol. The molecule has 0 bridgehead atoms. The van der Waals surface area contributed by atoms with Crippen LogP contribution in [0.3, 0.4) is 0 Å². The van der Waals surface area contributed by atoms with Gasteiger partial charge in [0.15, 0.2) is 9.84 Å². The lowest BCUT2D eigenvalue weighted by molar-refractivity contribution is -0.917. The molecule has 3 rings (SSSR count). The smallest absolute Gasteiger partial charge is 0.227 e. The minimum Gasteiger partial charge on any atom is -0.496 e. The van der Waals surface area contributed by atoms with Gasteiger partial charge >= 0.3 is 0 Å². The first-order valence-electron chi connectivity index (χ1n) is 8.53. The van der Waals surface area contributed by atoms with Crippen molar-refractivity contribution in [2.24, 2.45) is 5.92 Å². The van der Waals surface area contributed by atoms with E-state index >= 15 is 0 Å². The lowest BCUT2D eigenvalue weighted by Gasteiger charge is -2.33. The molecule has 2 fully saturated rings. The number of quaternary nitrogens is 1. The number of nitrogens with zero attached hydrogens (tertiary/aromatic N) is 1. The zero-order valence-electron chi connectivity index (χ0n) is 14.3. The Morgan fingerprint density at radius 1 is 1.36 bits per heavy atom. The summed E-state index contributed by atoms with van der Waals surface area (Å²) < 4.78 is 41.9. The molecule has 0 aliphatic carbocycles. The second kappa shape index (κ2) is 7.29. The monoisotopic (exact) mass is 371 g/mol. The standard InChI is InChI=1S/C17H23FN2O4S/c1-24-16-3-2-15(18)10-14(16)11-19-5-7-20(8-6-19)17(21)13-4-9-25(22,23)12-13/h2-3,10,13H,4-9,11-12H2,1H3/p+1/t13-/m0/s1. The fourth-order valence-electron chi connectivity index (χ4n) is 3.62. The van der Waals surface area contributed by atoms with Crippen LogP contribution in [0, 0.1) is 11.7 Å². The van der Waals surface area contributed by atoms with Gasteiger partial charge in [-0.2, -0.15) is 0 Å². The molecule has 0 saturated carbocycles. The third-order valence-corrected chi connectivity index (χ3v) is 6.81. The molecule has 2 aliphatic rings. The molecule has 6 nitrogen and oxygen atoms in total. The Morgan fingerprint density at radius 2 is 2.08 bits per heavy atom. The molecular weight excluding hydrogens is 347 g/mol. The SMILES string of the molecule is COc1ccc(F)cc1C[NH+]1CCN(C(=O)[C@H]2CCS(=O)(=O)C2)CC1. The number of piperazine rings is 1. The molecule has 1 aromatic rings. The normalized spacial score (nSPS) is 23.6. The molecule has 2 heterocycles. The number of ether oxygens (including phenoxy) is 1. The van der Waals surface area contributed by atoms with E-state index in [1.165, 1.54) is 17.0 Å². The number of hydrogen-bond acceptors (Lipinski definition) is 4. The van der Waals surface area contributed by atoms with Crippen molar-refractivity contribution in [2.45, 2.75) is 13.0 Å². The van der Waals surface area contributed by atoms with Crippen molar-refractivity contribution in [3.63, 3.8) is 0 Å². The summed E-state index contributed by atoms with van der Waals surface area (Å²) in [4.78, 5) is 15.5. The van der Waals surface area contributed by atoms with E-state index < -0.39 is 9.84 Å². The number of benzene rings is 1. The van der Waals surface area contributed by atoms with Crippen LogP contribution >= 0.6 is 0 Å². The molecule has 0 aromatic heterocycles. The Bertz CT molecular complexity index is 745. The second-order valence-electron chi connectivity index (χ2n) is 6.81. The Hall–Kier alpha value is -1.67. The highest BCUT2D eigenvalue weighted by Crippen LogP contribution is 2.21. The van der Waals surface area contributed by atoms with E-state index in [0.717, 1.165) is 18.7 Å². The molecule has 0 unspecified atom stereocenters. The number of halogens is 1. The number of amides is 1. The average Bonchev–Trinajstić information content (AvgIpc) is 2.95. The molecule has 1 N–H and O–H groups in total. The number of sulfone groups is 1. The Balaban J connectivity index is 1.56. The van der Waals surface area contributed by atoms with Crippen molar-refractivity contribution in [3.8, 4) is 5.75 Å². The van der Waals surface area contributed by atoms with Crippen LogP contribution in [0.25, 0.3) is 0 Å². The molecule has 0 spiro atoms. The molecule has 138 valence electrons. The molecule has 1 amide bonds. The highest BCUT2D eigenvalue weighted by atomic mass is 32.2. The predicted molar refractivity (Wildman–Crippen MR) is 90.7 cm³/mol. The van der Waals surface area contributed by atoms with Crippen LogP contribution in [0.2, 0.25) is 0 Å². The molecule has 1 atom stereocenters. The van der Waals surface area contributed by atoms with E-state index in [0.29, 0.717) is 31.8 Å². The van der Waals surface area contributed by atoms with E-state index in [1.54, 1.807) is 18.1 Å². The maximum absolute atomic E-state index is 13.5. The maximum Gasteiger partial charge on any atom is 0.227 e. The second-order valence-corrected chi connectivity index (χ2v) is 9.04. The number of rotatable bonds is 4. The van der Waals surface area contributed by atoms with Crippen LogP contribution in [-0.4, -0.2) is 64.0 Å². The predicted octanol–water partition coefficient (Wildman–Crippen LogP) is -0.504. The largest absolute Gasteiger partial charge is 0.496 e. The molecule has 25 heavy (non-hydrogen) atoms. The zero-order valence-corrected chi connectivity index (χ0v) is 15.1. The summed E-state index contributed by atoms with van der Waals surface area (Å²) in [7, 11) is -1.48. The van der Waals surface area contributed by atoms with Gasteiger partial charge in [0.1, 0.15) is 18.1 Å². The van der Waals surface area contributed by atoms with E-state index in [9.17, 15) is 17.6 Å². The first-order chi connectivity index (χ1) is 11.9. The molecular formula is C17H24FN2O4S+. The van der Waals surface area contributed by atoms with Gasteiger partial charge in [-0.25, -0.2) is 12.8 Å². The van der Waals surface area contributed by atoms with Gasteiger partial charge in [0.25, 0.3) is 0 Å². The number of carbonyl (C=O) groups excluding carboxylic acids is 1. The summed E-state index contributed by atoms with van der Waals surface area (Å²) in [5.74, 6) is 0.0706. The van der Waals surface area contributed by atoms with Gasteiger partial charge in [0.2, 0.25) is 5.91 Å². The number of nitrogens with one attached hydrogen (secondary N) is 1. The third-order valence-electron chi connectivity index (χ3n) is 5.05. The fraction of sp³-hybridized carbons (Fsp3) is 0.588. The van der Waals surface area contributed by atoms with Gasteiger partial charge in [-0.05, 0) is 24.6 Å². The Morgan fingerprint density at radius 3 is 2.68 bits per heavy atom. The lowest BCUT2D eigenvalue weighted by atomic mass is 10.1. The maximum atomic E-state index is 13.5. The van der Waals surface area contributed by atoms with Crippen molar-refractivity contribution in [3.05, 3.63) is 29.6 Å². The summed E-state index contributed by atoms with van der Waals surface area (Å²) in [6.45, 7) is 3.35. The van der Waals surface area contributed by atoms with Gasteiger partial charge in [-0.3, -0.25) is 4.79 Å². The van der Waals surface area contributed by atoms with E-state index in [4.69, 9.17) is 4.74 Å². The van der Waals surface area contributed by atoms with Crippen LogP contribution < -0.4 is 9.64 Å². The Kier molecular flexibility index (Phi) is 5.29. The van der Waals surface area contributed by atoms with Crippen molar-refractivity contribution in [1.29, 1.82) is 0 Å². The molecule has 2 saturated heterocycles. The van der Waals surface area contributed by atoms with E-state index in [-0.39, 0.29) is 29.1 Å². The summed E-state index contributed by atoms with van der Waals surface area (Å²) in [5.41, 5.74) is 0.819. The van der Waals surface area contributed by atoms with E-state index in [1.807, 2.05) is 0 Å². The molecule has 1 aromatic carbocycles. The topological polar surface area (TPSA) is 68.1 Å². The highest BCUT2D eigenvalue weighted by Gasteiger charge is 2.36. The van der Waals surface area contributed by atoms with Gasteiger partial charge in [0.05, 0.1) is 56.3 Å². The number of hydrogen-bond donors (Lipinski definition) is 1. The minimum absolute atomic E-state index is 0.0145. The number of methoxy groups -OCH3 is 1. The van der Waals surface area contributed by atoms with Crippen LogP contribution in [0.1, 0.15) is 12.0 Å². The van der Waals surface area contributed by atoms with Gasteiger partial charge in [0, 0.05) is 0 Å². The first kappa shape index (κ1) is 18.1. The van der Waals surface area contributed by atoms with Crippen LogP contribution in [0.15, 0.2) is 18.2 Å². The van der Waals surface area contributed by atoms with Gasteiger partial charge < -0.3 is 14.5 Å². The fourth-order valence-corrected chi connectivity index (χ4v) is 5.36. The van der Waals surface area contributed by atoms with Gasteiger partial charge in [-0.15, -0.1) is 0 Å². The van der Waals surface area contributed by atoms with Gasteiger partial charge in [-0.1, -0.05) is 0 Å². The summed E-state index contributed by atoms with van der Waals surface area (Å²) in [6.07, 6.45) is 0.439. The van der Waals surface area contributed by atoms with Crippen LogP contribution in [0.5, 0.6) is 5.75 Å². The van der Waals surface area contributed by atoms with Crippen molar-refractivity contribution >= 4 is 15.7 Å². The zero-order chi connectivity index (χ0) is 18.0. The summed E-state index contributed by atoms with van der Waals surface area (Å²) in [6, 6.07) is 4.50. The lowest BCUT2D eigenvalue weighted by Crippen LogP contribution is -3.13. The molecule has 0 radical (unpaired) electrons. The van der Waals surface area contributed by atoms with Crippen molar-refractivity contribution < 1.29 is 27.2 Å². The van der Waals surface area contributed by atoms with Crippen molar-refractivity contribution in [2.75, 3.05) is 44.8 Å². The summed E-state index contributed by atoms with van der Waals surface area (Å²) >= 11 is 0. The Labute approximate surface area is 147 Å². The quantitative estimate of drug-likeness (QED) is 0.775. The highest BCUT2D eigenvalue weighted by molar-refractivity contribution is 7.91.